The third-order valence-corrected chi connectivity index (χ3v) is 4.53. The van der Waals surface area contributed by atoms with Crippen LogP contribution in [0.5, 0.6) is 5.75 Å². The van der Waals surface area contributed by atoms with Crippen LogP contribution in [0.1, 0.15) is 42.9 Å². The standard InChI is InChI=1S/C18H21N5OS/c1-24-14-7-8-15(20-11-14)17(19)23-18(25)22-16-9-6-13(10-21-16)12-4-2-3-5-12/h6-12H,2-5H2,1H3,(H3,19,21,22,23,25). The summed E-state index contributed by atoms with van der Waals surface area (Å²) in [4.78, 5) is 8.57. The molecule has 130 valence electrons. The van der Waals surface area contributed by atoms with Gasteiger partial charge in [0, 0.05) is 6.20 Å². The van der Waals surface area contributed by atoms with E-state index in [2.05, 4.69) is 26.7 Å². The van der Waals surface area contributed by atoms with Gasteiger partial charge in [0.05, 0.1) is 13.3 Å². The van der Waals surface area contributed by atoms with E-state index in [9.17, 15) is 0 Å². The lowest BCUT2D eigenvalue weighted by molar-refractivity contribution is 0.413. The van der Waals surface area contributed by atoms with Crippen LogP contribution in [0, 0.1) is 5.41 Å². The summed E-state index contributed by atoms with van der Waals surface area (Å²) in [5, 5.41) is 14.2. The van der Waals surface area contributed by atoms with Crippen LogP contribution in [0.25, 0.3) is 0 Å². The highest BCUT2D eigenvalue weighted by Crippen LogP contribution is 2.33. The Bertz CT molecular complexity index is 739. The van der Waals surface area contributed by atoms with Crippen molar-refractivity contribution < 1.29 is 4.74 Å². The van der Waals surface area contributed by atoms with Crippen LogP contribution < -0.4 is 15.4 Å². The lowest BCUT2D eigenvalue weighted by atomic mass is 10.00. The first kappa shape index (κ1) is 17.3. The van der Waals surface area contributed by atoms with Gasteiger partial charge in [-0.1, -0.05) is 18.9 Å². The van der Waals surface area contributed by atoms with Gasteiger partial charge in [-0.2, -0.15) is 0 Å². The fraction of sp³-hybridized carbons (Fsp3) is 0.333. The summed E-state index contributed by atoms with van der Waals surface area (Å²) in [6, 6.07) is 7.48. The van der Waals surface area contributed by atoms with Crippen LogP contribution in [-0.4, -0.2) is 28.0 Å². The van der Waals surface area contributed by atoms with E-state index in [1.54, 1.807) is 25.4 Å². The van der Waals surface area contributed by atoms with Crippen molar-refractivity contribution in [3.05, 3.63) is 47.9 Å². The van der Waals surface area contributed by atoms with E-state index in [1.165, 1.54) is 31.2 Å². The second kappa shape index (κ2) is 8.02. The molecule has 25 heavy (non-hydrogen) atoms. The molecule has 3 rings (SSSR count). The fourth-order valence-corrected chi connectivity index (χ4v) is 3.16. The summed E-state index contributed by atoms with van der Waals surface area (Å²) in [6.07, 6.45) is 8.59. The van der Waals surface area contributed by atoms with Crippen molar-refractivity contribution in [3.63, 3.8) is 0 Å². The molecule has 2 heterocycles. The molecule has 1 aliphatic carbocycles. The molecule has 0 bridgehead atoms. The molecule has 0 atom stereocenters. The fourth-order valence-electron chi connectivity index (χ4n) is 2.95. The number of nitrogens with one attached hydrogen (secondary N) is 3. The Morgan fingerprint density at radius 3 is 2.56 bits per heavy atom. The van der Waals surface area contributed by atoms with Gasteiger partial charge >= 0.3 is 0 Å². The number of aromatic nitrogens is 2. The molecule has 0 unspecified atom stereocenters. The molecule has 6 nitrogen and oxygen atoms in total. The molecular formula is C18H21N5OS. The monoisotopic (exact) mass is 355 g/mol. The quantitative estimate of drug-likeness (QED) is 0.443. The van der Waals surface area contributed by atoms with Gasteiger partial charge in [0.25, 0.3) is 0 Å². The van der Waals surface area contributed by atoms with Gasteiger partial charge in [0.2, 0.25) is 0 Å². The Labute approximate surface area is 152 Å². The maximum Gasteiger partial charge on any atom is 0.177 e. The van der Waals surface area contributed by atoms with Crippen LogP contribution in [-0.2, 0) is 0 Å². The van der Waals surface area contributed by atoms with E-state index >= 15 is 0 Å². The lowest BCUT2D eigenvalue weighted by Gasteiger charge is -2.12. The summed E-state index contributed by atoms with van der Waals surface area (Å²) in [7, 11) is 1.57. The number of anilines is 1. The molecule has 1 saturated carbocycles. The SMILES string of the molecule is COc1ccc(C(=N)NC(=S)Nc2ccc(C3CCCC3)cn2)nc1. The van der Waals surface area contributed by atoms with Crippen LogP contribution in [0.3, 0.4) is 0 Å². The van der Waals surface area contributed by atoms with E-state index in [1.807, 2.05) is 12.3 Å². The minimum absolute atomic E-state index is 0.114. The molecule has 1 aliphatic rings. The predicted octanol–water partition coefficient (Wildman–Crippen LogP) is 3.45. The molecular weight excluding hydrogens is 334 g/mol. The number of hydrogen-bond acceptors (Lipinski definition) is 5. The highest BCUT2D eigenvalue weighted by Gasteiger charge is 2.17. The largest absolute Gasteiger partial charge is 0.495 e. The summed E-state index contributed by atoms with van der Waals surface area (Å²) in [5.74, 6) is 2.06. The number of methoxy groups -OCH3 is 1. The zero-order valence-corrected chi connectivity index (χ0v) is 14.9. The number of amidine groups is 1. The second-order valence-corrected chi connectivity index (χ2v) is 6.40. The summed E-state index contributed by atoms with van der Waals surface area (Å²) in [6.45, 7) is 0. The maximum absolute atomic E-state index is 8.04. The molecule has 7 heteroatoms. The van der Waals surface area contributed by atoms with E-state index in [4.69, 9.17) is 22.4 Å². The van der Waals surface area contributed by atoms with Crippen LogP contribution in [0.4, 0.5) is 5.82 Å². The normalized spacial score (nSPS) is 14.1. The molecule has 0 saturated heterocycles. The molecule has 2 aromatic heterocycles. The molecule has 0 spiro atoms. The van der Waals surface area contributed by atoms with Crippen LogP contribution in [0.15, 0.2) is 36.7 Å². The lowest BCUT2D eigenvalue weighted by Crippen LogP contribution is -2.34. The van der Waals surface area contributed by atoms with Crippen molar-refractivity contribution in [2.75, 3.05) is 12.4 Å². The van der Waals surface area contributed by atoms with Crippen molar-refractivity contribution >= 4 is 29.0 Å². The number of hydrogen-bond donors (Lipinski definition) is 3. The van der Waals surface area contributed by atoms with Crippen LogP contribution in [0.2, 0.25) is 0 Å². The number of ether oxygens (including phenoxy) is 1. The number of pyridine rings is 2. The molecule has 0 aliphatic heterocycles. The summed E-state index contributed by atoms with van der Waals surface area (Å²) >= 11 is 5.25. The van der Waals surface area contributed by atoms with Gasteiger partial charge in [0.1, 0.15) is 17.3 Å². The number of rotatable bonds is 4. The van der Waals surface area contributed by atoms with E-state index in [-0.39, 0.29) is 5.84 Å². The van der Waals surface area contributed by atoms with Gasteiger partial charge in [0.15, 0.2) is 10.9 Å². The van der Waals surface area contributed by atoms with E-state index in [0.717, 1.165) is 0 Å². The molecule has 0 radical (unpaired) electrons. The zero-order valence-electron chi connectivity index (χ0n) is 14.1. The number of thiocarbonyl (C=S) groups is 1. The smallest absolute Gasteiger partial charge is 0.177 e. The molecule has 3 N–H and O–H groups in total. The summed E-state index contributed by atoms with van der Waals surface area (Å²) in [5.41, 5.74) is 1.77. The topological polar surface area (TPSA) is 82.9 Å². The van der Waals surface area contributed by atoms with Gasteiger partial charge in [-0.3, -0.25) is 5.41 Å². The first-order chi connectivity index (χ1) is 12.2. The van der Waals surface area contributed by atoms with E-state index in [0.29, 0.717) is 28.3 Å². The molecule has 0 aromatic carbocycles. The molecule has 0 amide bonds. The predicted molar refractivity (Wildman–Crippen MR) is 102 cm³/mol. The van der Waals surface area contributed by atoms with Gasteiger partial charge in [-0.05, 0) is 54.7 Å². The third-order valence-electron chi connectivity index (χ3n) is 4.32. The van der Waals surface area contributed by atoms with Gasteiger partial charge in [-0.15, -0.1) is 0 Å². The zero-order chi connectivity index (χ0) is 17.6. The van der Waals surface area contributed by atoms with Crippen molar-refractivity contribution in [2.24, 2.45) is 0 Å². The Balaban J connectivity index is 1.55. The third kappa shape index (κ3) is 4.51. The Hall–Kier alpha value is -2.54. The first-order valence-corrected chi connectivity index (χ1v) is 8.69. The Kier molecular flexibility index (Phi) is 5.55. The number of nitrogens with zero attached hydrogens (tertiary/aromatic N) is 2. The highest BCUT2D eigenvalue weighted by molar-refractivity contribution is 7.80. The maximum atomic E-state index is 8.04. The molecule has 2 aromatic rings. The first-order valence-electron chi connectivity index (χ1n) is 8.28. The van der Waals surface area contributed by atoms with Gasteiger partial charge in [-0.25, -0.2) is 9.97 Å². The van der Waals surface area contributed by atoms with Crippen molar-refractivity contribution in [1.29, 1.82) is 5.41 Å². The minimum Gasteiger partial charge on any atom is -0.495 e. The van der Waals surface area contributed by atoms with Crippen molar-refractivity contribution in [3.8, 4) is 5.75 Å². The highest BCUT2D eigenvalue weighted by atomic mass is 32.1. The second-order valence-electron chi connectivity index (χ2n) is 6.00. The summed E-state index contributed by atoms with van der Waals surface area (Å²) < 4.78 is 5.06. The Morgan fingerprint density at radius 2 is 1.96 bits per heavy atom. The van der Waals surface area contributed by atoms with E-state index < -0.39 is 0 Å². The van der Waals surface area contributed by atoms with Crippen LogP contribution >= 0.6 is 12.2 Å². The Morgan fingerprint density at radius 1 is 1.16 bits per heavy atom. The van der Waals surface area contributed by atoms with Crippen molar-refractivity contribution in [2.45, 2.75) is 31.6 Å². The van der Waals surface area contributed by atoms with Crippen molar-refractivity contribution in [1.82, 2.24) is 15.3 Å². The average Bonchev–Trinajstić information content (AvgIpc) is 3.17. The molecule has 1 fully saturated rings. The van der Waals surface area contributed by atoms with Gasteiger partial charge < -0.3 is 15.4 Å². The average molecular weight is 355 g/mol. The minimum atomic E-state index is 0.114.